The van der Waals surface area contributed by atoms with E-state index in [1.165, 1.54) is 17.7 Å². The predicted molar refractivity (Wildman–Crippen MR) is 118 cm³/mol. The van der Waals surface area contributed by atoms with Gasteiger partial charge in [0.25, 0.3) is 5.91 Å². The molecule has 1 amide bonds. The van der Waals surface area contributed by atoms with Gasteiger partial charge in [0.2, 0.25) is 0 Å². The molecule has 7 nitrogen and oxygen atoms in total. The highest BCUT2D eigenvalue weighted by Crippen LogP contribution is 2.27. The van der Waals surface area contributed by atoms with Crippen LogP contribution in [0, 0.1) is 0 Å². The zero-order chi connectivity index (χ0) is 21.2. The number of benzene rings is 3. The van der Waals surface area contributed by atoms with Gasteiger partial charge >= 0.3 is 5.97 Å². The Bertz CT molecular complexity index is 1420. The Kier molecular flexibility index (Phi) is 4.89. The van der Waals surface area contributed by atoms with Crippen LogP contribution in [0.3, 0.4) is 0 Å². The molecule has 0 saturated carbocycles. The average Bonchev–Trinajstić information content (AvgIpc) is 3.46. The fraction of sp³-hybridized carbons (Fsp3) is 0.0435. The highest BCUT2D eigenvalue weighted by Gasteiger charge is 2.14. The summed E-state index contributed by atoms with van der Waals surface area (Å²) in [5, 5.41) is 7.25. The second-order valence-corrected chi connectivity index (χ2v) is 7.62. The number of oxazole rings is 1. The predicted octanol–water partition coefficient (Wildman–Crippen LogP) is 4.90. The average molecular weight is 429 g/mol. The van der Waals surface area contributed by atoms with Crippen LogP contribution in [0.15, 0.2) is 76.9 Å². The highest BCUT2D eigenvalue weighted by atomic mass is 32.1. The third-order valence-electron chi connectivity index (χ3n) is 4.70. The summed E-state index contributed by atoms with van der Waals surface area (Å²) in [7, 11) is 0. The molecule has 0 spiro atoms. The van der Waals surface area contributed by atoms with Crippen molar-refractivity contribution >= 4 is 50.2 Å². The number of amides is 1. The van der Waals surface area contributed by atoms with Crippen molar-refractivity contribution in [1.29, 1.82) is 0 Å². The van der Waals surface area contributed by atoms with Crippen molar-refractivity contribution in [1.82, 2.24) is 9.97 Å². The van der Waals surface area contributed by atoms with E-state index in [1.807, 2.05) is 35.7 Å². The van der Waals surface area contributed by atoms with Crippen molar-refractivity contribution in [3.05, 3.63) is 78.0 Å². The summed E-state index contributed by atoms with van der Waals surface area (Å²) in [4.78, 5) is 32.8. The van der Waals surface area contributed by atoms with Crippen LogP contribution in [0.5, 0.6) is 0 Å². The normalized spacial score (nSPS) is 11.0. The molecule has 0 fully saturated rings. The maximum atomic E-state index is 12.2. The molecule has 152 valence electrons. The SMILES string of the molecule is O=C(COC(=O)c1ccc2ocnc2c1)Nc1nc(-c2ccc3ccccc3c2)cs1. The van der Waals surface area contributed by atoms with Crippen molar-refractivity contribution < 1.29 is 18.7 Å². The molecular weight excluding hydrogens is 414 g/mol. The number of carbonyl (C=O) groups is 2. The Hall–Kier alpha value is -4.04. The molecular formula is C23H15N3O4S. The zero-order valence-electron chi connectivity index (χ0n) is 16.1. The van der Waals surface area contributed by atoms with Crippen LogP contribution in [-0.2, 0) is 9.53 Å². The van der Waals surface area contributed by atoms with E-state index in [1.54, 1.807) is 18.2 Å². The summed E-state index contributed by atoms with van der Waals surface area (Å²) in [6.45, 7) is -0.416. The van der Waals surface area contributed by atoms with Crippen LogP contribution in [0.2, 0.25) is 0 Å². The molecule has 2 aromatic heterocycles. The lowest BCUT2D eigenvalue weighted by Gasteiger charge is -2.05. The van der Waals surface area contributed by atoms with E-state index in [-0.39, 0.29) is 0 Å². The molecule has 0 aliphatic rings. The number of fused-ring (bicyclic) bond motifs is 2. The van der Waals surface area contributed by atoms with Crippen LogP contribution < -0.4 is 5.32 Å². The standard InChI is InChI=1S/C23H15N3O4S/c27-21(11-29-22(28)17-7-8-20-18(10-17)24-13-30-20)26-23-25-19(12-31-23)16-6-5-14-3-1-2-4-15(14)9-16/h1-10,12-13H,11H2,(H,25,26,27). The minimum Gasteiger partial charge on any atom is -0.452 e. The molecule has 3 aromatic carbocycles. The lowest BCUT2D eigenvalue weighted by atomic mass is 10.1. The third-order valence-corrected chi connectivity index (χ3v) is 5.45. The summed E-state index contributed by atoms with van der Waals surface area (Å²) in [6, 6.07) is 18.9. The van der Waals surface area contributed by atoms with E-state index in [0.29, 0.717) is 21.8 Å². The Morgan fingerprint density at radius 1 is 1.03 bits per heavy atom. The highest BCUT2D eigenvalue weighted by molar-refractivity contribution is 7.14. The topological polar surface area (TPSA) is 94.3 Å². The fourth-order valence-corrected chi connectivity index (χ4v) is 3.90. The van der Waals surface area contributed by atoms with Gasteiger partial charge in [-0.3, -0.25) is 10.1 Å². The molecule has 1 N–H and O–H groups in total. The summed E-state index contributed by atoms with van der Waals surface area (Å²) < 4.78 is 10.2. The number of nitrogens with one attached hydrogen (secondary N) is 1. The van der Waals surface area contributed by atoms with Gasteiger partial charge in [-0.1, -0.05) is 36.4 Å². The molecule has 8 heteroatoms. The first kappa shape index (κ1) is 19.0. The Morgan fingerprint density at radius 2 is 1.90 bits per heavy atom. The molecule has 0 aliphatic carbocycles. The van der Waals surface area contributed by atoms with Crippen LogP contribution in [0.25, 0.3) is 33.1 Å². The van der Waals surface area contributed by atoms with Gasteiger partial charge in [0.05, 0.1) is 11.3 Å². The van der Waals surface area contributed by atoms with E-state index in [0.717, 1.165) is 22.0 Å². The second kappa shape index (κ2) is 8.00. The lowest BCUT2D eigenvalue weighted by Crippen LogP contribution is -2.20. The van der Waals surface area contributed by atoms with Gasteiger partial charge in [0, 0.05) is 10.9 Å². The number of nitrogens with zero attached hydrogens (tertiary/aromatic N) is 2. The van der Waals surface area contributed by atoms with E-state index in [4.69, 9.17) is 9.15 Å². The maximum absolute atomic E-state index is 12.2. The molecule has 0 atom stereocenters. The van der Waals surface area contributed by atoms with Gasteiger partial charge < -0.3 is 9.15 Å². The van der Waals surface area contributed by atoms with Crippen molar-refractivity contribution in [2.75, 3.05) is 11.9 Å². The van der Waals surface area contributed by atoms with Crippen molar-refractivity contribution in [3.63, 3.8) is 0 Å². The number of hydrogen-bond donors (Lipinski definition) is 1. The van der Waals surface area contributed by atoms with E-state index < -0.39 is 18.5 Å². The summed E-state index contributed by atoms with van der Waals surface area (Å²) in [6.07, 6.45) is 1.30. The number of hydrogen-bond acceptors (Lipinski definition) is 7. The van der Waals surface area contributed by atoms with Crippen molar-refractivity contribution in [3.8, 4) is 11.3 Å². The Morgan fingerprint density at radius 3 is 2.81 bits per heavy atom. The number of thiazole rings is 1. The number of esters is 1. The molecule has 0 radical (unpaired) electrons. The van der Waals surface area contributed by atoms with E-state index in [9.17, 15) is 9.59 Å². The Balaban J connectivity index is 1.21. The summed E-state index contributed by atoms with van der Waals surface area (Å²) >= 11 is 1.31. The molecule has 0 saturated heterocycles. The quantitative estimate of drug-likeness (QED) is 0.399. The number of anilines is 1. The number of ether oxygens (including phenoxy) is 1. The molecule has 5 aromatic rings. The minimum absolute atomic E-state index is 0.294. The molecule has 0 aliphatic heterocycles. The first-order valence-electron chi connectivity index (χ1n) is 9.41. The maximum Gasteiger partial charge on any atom is 0.338 e. The summed E-state index contributed by atoms with van der Waals surface area (Å²) in [5.41, 5.74) is 3.14. The number of carbonyl (C=O) groups excluding carboxylic acids is 2. The molecule has 5 rings (SSSR count). The largest absolute Gasteiger partial charge is 0.452 e. The van der Waals surface area contributed by atoms with Crippen LogP contribution in [0.4, 0.5) is 5.13 Å². The zero-order valence-corrected chi connectivity index (χ0v) is 16.9. The van der Waals surface area contributed by atoms with Crippen LogP contribution >= 0.6 is 11.3 Å². The molecule has 2 heterocycles. The molecule has 31 heavy (non-hydrogen) atoms. The van der Waals surface area contributed by atoms with Crippen LogP contribution in [-0.4, -0.2) is 28.5 Å². The first-order valence-corrected chi connectivity index (χ1v) is 10.3. The first-order chi connectivity index (χ1) is 15.2. The van der Waals surface area contributed by atoms with Crippen molar-refractivity contribution in [2.24, 2.45) is 0 Å². The monoisotopic (exact) mass is 429 g/mol. The van der Waals surface area contributed by atoms with Gasteiger partial charge in [0.1, 0.15) is 5.52 Å². The van der Waals surface area contributed by atoms with Gasteiger partial charge in [-0.25, -0.2) is 14.8 Å². The number of rotatable bonds is 5. The lowest BCUT2D eigenvalue weighted by molar-refractivity contribution is -0.119. The number of aromatic nitrogens is 2. The van der Waals surface area contributed by atoms with Crippen LogP contribution in [0.1, 0.15) is 10.4 Å². The third kappa shape index (κ3) is 4.01. The van der Waals surface area contributed by atoms with E-state index >= 15 is 0 Å². The minimum atomic E-state index is -0.615. The fourth-order valence-electron chi connectivity index (χ4n) is 3.17. The molecule has 0 unspecified atom stereocenters. The smallest absolute Gasteiger partial charge is 0.338 e. The van der Waals surface area contributed by atoms with Gasteiger partial charge in [-0.15, -0.1) is 11.3 Å². The second-order valence-electron chi connectivity index (χ2n) is 6.76. The van der Waals surface area contributed by atoms with Gasteiger partial charge in [-0.05, 0) is 35.0 Å². The summed E-state index contributed by atoms with van der Waals surface area (Å²) in [5.74, 6) is -1.08. The van der Waals surface area contributed by atoms with Crippen molar-refractivity contribution in [2.45, 2.75) is 0 Å². The molecule has 0 bridgehead atoms. The van der Waals surface area contributed by atoms with Gasteiger partial charge in [0.15, 0.2) is 23.7 Å². The Labute approximate surface area is 180 Å². The van der Waals surface area contributed by atoms with Gasteiger partial charge in [-0.2, -0.15) is 0 Å². The van der Waals surface area contributed by atoms with E-state index in [2.05, 4.69) is 27.4 Å².